The van der Waals surface area contributed by atoms with Gasteiger partial charge in [-0.1, -0.05) is 11.6 Å². The van der Waals surface area contributed by atoms with Crippen molar-refractivity contribution in [3.05, 3.63) is 20.9 Å². The number of anilines is 1. The molecule has 0 spiro atoms. The second kappa shape index (κ2) is 2.74. The Morgan fingerprint density at radius 3 is 3.08 bits per heavy atom. The number of hydrogen-bond donors (Lipinski definition) is 1. The standard InChI is InChI=1S/C6H4ClIN4/c7-3-1-4(8)5-10-6(9)11-12(5)2-3/h1-2H,(H2,9,11). The van der Waals surface area contributed by atoms with E-state index in [4.69, 9.17) is 17.3 Å². The first-order valence-corrected chi connectivity index (χ1v) is 4.59. The molecular weight excluding hydrogens is 290 g/mol. The van der Waals surface area contributed by atoms with Crippen LogP contribution in [0, 0.1) is 3.57 Å². The molecule has 0 bridgehead atoms. The van der Waals surface area contributed by atoms with Crippen LogP contribution >= 0.6 is 34.2 Å². The molecule has 0 aliphatic heterocycles. The van der Waals surface area contributed by atoms with E-state index in [-0.39, 0.29) is 5.95 Å². The highest BCUT2D eigenvalue weighted by Gasteiger charge is 2.04. The summed E-state index contributed by atoms with van der Waals surface area (Å²) >= 11 is 7.93. The van der Waals surface area contributed by atoms with Gasteiger partial charge in [0.05, 0.1) is 8.59 Å². The minimum absolute atomic E-state index is 0.259. The average Bonchev–Trinajstić information content (AvgIpc) is 2.29. The molecule has 6 heteroatoms. The predicted octanol–water partition coefficient (Wildman–Crippen LogP) is 1.57. The van der Waals surface area contributed by atoms with Gasteiger partial charge in [0.25, 0.3) is 0 Å². The van der Waals surface area contributed by atoms with Gasteiger partial charge in [0.15, 0.2) is 5.65 Å². The molecule has 2 N–H and O–H groups in total. The van der Waals surface area contributed by atoms with Gasteiger partial charge < -0.3 is 5.73 Å². The van der Waals surface area contributed by atoms with E-state index in [9.17, 15) is 0 Å². The van der Waals surface area contributed by atoms with Crippen molar-refractivity contribution in [3.8, 4) is 0 Å². The molecule has 0 saturated carbocycles. The molecule has 0 unspecified atom stereocenters. The molecular formula is C6H4ClIN4. The molecule has 4 nitrogen and oxygen atoms in total. The van der Waals surface area contributed by atoms with Crippen molar-refractivity contribution in [2.45, 2.75) is 0 Å². The summed E-state index contributed by atoms with van der Waals surface area (Å²) < 4.78 is 2.50. The van der Waals surface area contributed by atoms with E-state index >= 15 is 0 Å². The number of pyridine rings is 1. The lowest BCUT2D eigenvalue weighted by molar-refractivity contribution is 0.965. The summed E-state index contributed by atoms with van der Waals surface area (Å²) in [5, 5.41) is 4.55. The Kier molecular flexibility index (Phi) is 1.84. The van der Waals surface area contributed by atoms with Crippen molar-refractivity contribution in [2.24, 2.45) is 0 Å². The minimum atomic E-state index is 0.259. The summed E-state index contributed by atoms with van der Waals surface area (Å²) in [5.41, 5.74) is 6.15. The second-order valence-electron chi connectivity index (χ2n) is 2.24. The van der Waals surface area contributed by atoms with Crippen LogP contribution in [0.4, 0.5) is 5.95 Å². The third-order valence-corrected chi connectivity index (χ3v) is 2.37. The monoisotopic (exact) mass is 294 g/mol. The fourth-order valence-electron chi connectivity index (χ4n) is 0.932. The average molecular weight is 294 g/mol. The lowest BCUT2D eigenvalue weighted by Gasteiger charge is -1.94. The SMILES string of the molecule is Nc1nc2c(I)cc(Cl)cn2n1. The van der Waals surface area contributed by atoms with Gasteiger partial charge in [-0.2, -0.15) is 4.98 Å². The number of nitrogen functional groups attached to an aromatic ring is 1. The predicted molar refractivity (Wildman–Crippen MR) is 55.1 cm³/mol. The van der Waals surface area contributed by atoms with E-state index in [2.05, 4.69) is 32.7 Å². The molecule has 0 saturated heterocycles. The Morgan fingerprint density at radius 2 is 2.33 bits per heavy atom. The zero-order chi connectivity index (χ0) is 8.72. The van der Waals surface area contributed by atoms with Gasteiger partial charge in [0, 0.05) is 6.20 Å². The third kappa shape index (κ3) is 1.22. The maximum absolute atomic E-state index is 5.80. The lowest BCUT2D eigenvalue weighted by Crippen LogP contribution is -1.90. The van der Waals surface area contributed by atoms with Gasteiger partial charge in [-0.15, -0.1) is 5.10 Å². The fourth-order valence-corrected chi connectivity index (χ4v) is 2.02. The van der Waals surface area contributed by atoms with Gasteiger partial charge >= 0.3 is 0 Å². The van der Waals surface area contributed by atoms with Crippen molar-refractivity contribution >= 4 is 45.8 Å². The molecule has 0 aromatic carbocycles. The maximum atomic E-state index is 5.80. The normalized spacial score (nSPS) is 10.8. The summed E-state index contributed by atoms with van der Waals surface area (Å²) in [4.78, 5) is 4.02. The van der Waals surface area contributed by atoms with Crippen LogP contribution in [0.25, 0.3) is 5.65 Å². The van der Waals surface area contributed by atoms with Gasteiger partial charge in [-0.25, -0.2) is 4.52 Å². The van der Waals surface area contributed by atoms with Crippen molar-refractivity contribution in [1.29, 1.82) is 0 Å². The van der Waals surface area contributed by atoms with Crippen molar-refractivity contribution in [2.75, 3.05) is 5.73 Å². The van der Waals surface area contributed by atoms with Crippen LogP contribution in [0.1, 0.15) is 0 Å². The molecule has 2 aromatic rings. The molecule has 0 aliphatic rings. The summed E-state index contributed by atoms with van der Waals surface area (Å²) in [6, 6.07) is 1.81. The summed E-state index contributed by atoms with van der Waals surface area (Å²) in [5.74, 6) is 0.259. The van der Waals surface area contributed by atoms with Crippen LogP contribution < -0.4 is 5.73 Å². The molecule has 0 fully saturated rings. The number of nitrogens with zero attached hydrogens (tertiary/aromatic N) is 3. The van der Waals surface area contributed by atoms with Crippen LogP contribution in [0.3, 0.4) is 0 Å². The van der Waals surface area contributed by atoms with E-state index in [1.54, 1.807) is 10.7 Å². The van der Waals surface area contributed by atoms with Gasteiger partial charge in [0.2, 0.25) is 5.95 Å². The number of rotatable bonds is 0. The molecule has 2 rings (SSSR count). The highest BCUT2D eigenvalue weighted by Crippen LogP contribution is 2.17. The molecule has 12 heavy (non-hydrogen) atoms. The topological polar surface area (TPSA) is 56.2 Å². The smallest absolute Gasteiger partial charge is 0.240 e. The summed E-state index contributed by atoms with van der Waals surface area (Å²) in [6.07, 6.45) is 1.67. The largest absolute Gasteiger partial charge is 0.366 e. The van der Waals surface area contributed by atoms with E-state index in [1.807, 2.05) is 6.07 Å². The lowest BCUT2D eigenvalue weighted by atomic mass is 10.5. The van der Waals surface area contributed by atoms with E-state index in [0.717, 1.165) is 9.22 Å². The molecule has 2 heterocycles. The first-order chi connectivity index (χ1) is 5.66. The fraction of sp³-hybridized carbons (Fsp3) is 0. The van der Waals surface area contributed by atoms with Crippen molar-refractivity contribution in [3.63, 3.8) is 0 Å². The number of fused-ring (bicyclic) bond motifs is 1. The first kappa shape index (κ1) is 8.06. The van der Waals surface area contributed by atoms with E-state index in [0.29, 0.717) is 5.02 Å². The Hall–Kier alpha value is -0.560. The molecule has 0 aliphatic carbocycles. The Balaban J connectivity index is 2.88. The van der Waals surface area contributed by atoms with Gasteiger partial charge in [0.1, 0.15) is 0 Å². The summed E-state index contributed by atoms with van der Waals surface area (Å²) in [6.45, 7) is 0. The molecule has 0 amide bonds. The Bertz CT molecular complexity index is 438. The second-order valence-corrected chi connectivity index (χ2v) is 3.84. The zero-order valence-electron chi connectivity index (χ0n) is 5.83. The molecule has 0 radical (unpaired) electrons. The first-order valence-electron chi connectivity index (χ1n) is 3.14. The summed E-state index contributed by atoms with van der Waals surface area (Å²) in [7, 11) is 0. The van der Waals surface area contributed by atoms with Gasteiger partial charge in [-0.05, 0) is 28.7 Å². The van der Waals surface area contributed by atoms with Crippen LogP contribution in [0.15, 0.2) is 12.3 Å². The Morgan fingerprint density at radius 1 is 1.58 bits per heavy atom. The Labute approximate surface area is 86.9 Å². The third-order valence-electron chi connectivity index (χ3n) is 1.37. The highest BCUT2D eigenvalue weighted by atomic mass is 127. The van der Waals surface area contributed by atoms with Gasteiger partial charge in [-0.3, -0.25) is 0 Å². The number of halogens is 2. The number of hydrogen-bond acceptors (Lipinski definition) is 3. The minimum Gasteiger partial charge on any atom is -0.366 e. The number of aromatic nitrogens is 3. The van der Waals surface area contributed by atoms with E-state index < -0.39 is 0 Å². The molecule has 62 valence electrons. The van der Waals surface area contributed by atoms with Crippen LogP contribution in [0.2, 0.25) is 5.02 Å². The van der Waals surface area contributed by atoms with Crippen LogP contribution in [0.5, 0.6) is 0 Å². The number of nitrogens with two attached hydrogens (primary N) is 1. The van der Waals surface area contributed by atoms with Crippen LogP contribution in [-0.4, -0.2) is 14.6 Å². The molecule has 0 atom stereocenters. The van der Waals surface area contributed by atoms with Crippen molar-refractivity contribution in [1.82, 2.24) is 14.6 Å². The maximum Gasteiger partial charge on any atom is 0.240 e. The van der Waals surface area contributed by atoms with Crippen molar-refractivity contribution < 1.29 is 0 Å². The highest BCUT2D eigenvalue weighted by molar-refractivity contribution is 14.1. The quantitative estimate of drug-likeness (QED) is 0.750. The van der Waals surface area contributed by atoms with Crippen LogP contribution in [-0.2, 0) is 0 Å². The molecule has 2 aromatic heterocycles. The van der Waals surface area contributed by atoms with E-state index in [1.165, 1.54) is 0 Å². The zero-order valence-corrected chi connectivity index (χ0v) is 8.74.